The fourth-order valence-corrected chi connectivity index (χ4v) is 2.88. The van der Waals surface area contributed by atoms with Crippen molar-refractivity contribution in [2.45, 2.75) is 37.6 Å². The van der Waals surface area contributed by atoms with E-state index < -0.39 is 23.7 Å². The maximum atomic E-state index is 12.8. The largest absolute Gasteiger partial charge is 0.394 e. The lowest BCUT2D eigenvalue weighted by Crippen LogP contribution is -2.49. The summed E-state index contributed by atoms with van der Waals surface area (Å²) in [7, 11) is 0. The van der Waals surface area contributed by atoms with Crippen LogP contribution in [0.4, 0.5) is 8.78 Å². The minimum absolute atomic E-state index is 0.129. The van der Waals surface area contributed by atoms with Gasteiger partial charge in [0.05, 0.1) is 17.7 Å². The van der Waals surface area contributed by atoms with E-state index in [1.54, 1.807) is 0 Å². The van der Waals surface area contributed by atoms with Crippen LogP contribution in [0.3, 0.4) is 0 Å². The number of alkyl halides is 2. The Labute approximate surface area is 125 Å². The molecule has 0 aromatic carbocycles. The second-order valence-corrected chi connectivity index (χ2v) is 5.60. The third-order valence-corrected chi connectivity index (χ3v) is 4.13. The minimum Gasteiger partial charge on any atom is -0.394 e. The van der Waals surface area contributed by atoms with Gasteiger partial charge in [0.15, 0.2) is 5.65 Å². The lowest BCUT2D eigenvalue weighted by Gasteiger charge is -2.27. The van der Waals surface area contributed by atoms with Crippen molar-refractivity contribution >= 4 is 11.6 Å². The predicted octanol–water partition coefficient (Wildman–Crippen LogP) is 1.70. The maximum Gasteiger partial charge on any atom is 0.297 e. The Morgan fingerprint density at radius 2 is 2.09 bits per heavy atom. The first-order valence-corrected chi connectivity index (χ1v) is 7.11. The standard InChI is InChI=1S/C14H16F2N4O2/c15-11(16)12-19-18-10-4-3-9(7-20(10)12)13(22)17-14(8-21)5-1-2-6-14/h3-4,7,11,21H,1-2,5-6,8H2,(H,17,22). The van der Waals surface area contributed by atoms with Gasteiger partial charge in [-0.2, -0.15) is 0 Å². The Morgan fingerprint density at radius 3 is 2.73 bits per heavy atom. The molecule has 1 saturated carbocycles. The van der Waals surface area contributed by atoms with Crippen LogP contribution in [0.15, 0.2) is 18.3 Å². The van der Waals surface area contributed by atoms with Crippen molar-refractivity contribution in [2.75, 3.05) is 6.61 Å². The van der Waals surface area contributed by atoms with E-state index in [1.807, 2.05) is 0 Å². The molecule has 118 valence electrons. The molecule has 1 aliphatic rings. The summed E-state index contributed by atoms with van der Waals surface area (Å²) in [4.78, 5) is 12.3. The zero-order chi connectivity index (χ0) is 15.7. The summed E-state index contributed by atoms with van der Waals surface area (Å²) in [5.41, 5.74) is -0.122. The van der Waals surface area contributed by atoms with Gasteiger partial charge in [-0.15, -0.1) is 10.2 Å². The van der Waals surface area contributed by atoms with Crippen LogP contribution in [0.2, 0.25) is 0 Å². The quantitative estimate of drug-likeness (QED) is 0.901. The van der Waals surface area contributed by atoms with Gasteiger partial charge in [-0.05, 0) is 25.0 Å². The number of aliphatic hydroxyl groups excluding tert-OH is 1. The highest BCUT2D eigenvalue weighted by Gasteiger charge is 2.35. The number of carbonyl (C=O) groups excluding carboxylic acids is 1. The van der Waals surface area contributed by atoms with E-state index in [4.69, 9.17) is 0 Å². The topological polar surface area (TPSA) is 79.5 Å². The summed E-state index contributed by atoms with van der Waals surface area (Å²) in [5, 5.41) is 19.4. The fraction of sp³-hybridized carbons (Fsp3) is 0.500. The molecule has 2 aromatic rings. The monoisotopic (exact) mass is 310 g/mol. The Balaban J connectivity index is 1.89. The molecular formula is C14H16F2N4O2. The number of aliphatic hydroxyl groups is 1. The highest BCUT2D eigenvalue weighted by Crippen LogP contribution is 2.29. The van der Waals surface area contributed by atoms with Gasteiger partial charge in [0.2, 0.25) is 5.82 Å². The number of aromatic nitrogens is 3. The molecule has 1 aliphatic carbocycles. The molecule has 2 heterocycles. The zero-order valence-electron chi connectivity index (χ0n) is 11.8. The van der Waals surface area contributed by atoms with Crippen LogP contribution in [0.1, 0.15) is 48.3 Å². The fourth-order valence-electron chi connectivity index (χ4n) is 2.88. The first kappa shape index (κ1) is 14.8. The third-order valence-electron chi connectivity index (χ3n) is 4.13. The minimum atomic E-state index is -2.77. The van der Waals surface area contributed by atoms with E-state index in [2.05, 4.69) is 15.5 Å². The molecule has 0 bridgehead atoms. The molecule has 1 fully saturated rings. The van der Waals surface area contributed by atoms with Crippen molar-refractivity contribution in [1.82, 2.24) is 19.9 Å². The summed E-state index contributed by atoms with van der Waals surface area (Å²) in [6.45, 7) is -0.129. The average Bonchev–Trinajstić information content (AvgIpc) is 3.13. The lowest BCUT2D eigenvalue weighted by atomic mass is 9.98. The molecule has 2 aromatic heterocycles. The number of nitrogens with zero attached hydrogens (tertiary/aromatic N) is 3. The van der Waals surface area contributed by atoms with Crippen LogP contribution in [-0.2, 0) is 0 Å². The first-order chi connectivity index (χ1) is 10.5. The molecule has 0 radical (unpaired) electrons. The van der Waals surface area contributed by atoms with E-state index in [9.17, 15) is 18.7 Å². The Hall–Kier alpha value is -2.09. The number of halogens is 2. The van der Waals surface area contributed by atoms with Gasteiger partial charge in [0, 0.05) is 6.20 Å². The van der Waals surface area contributed by atoms with E-state index >= 15 is 0 Å². The molecule has 3 rings (SSSR count). The van der Waals surface area contributed by atoms with E-state index in [-0.39, 0.29) is 17.8 Å². The summed E-state index contributed by atoms with van der Waals surface area (Å²) >= 11 is 0. The highest BCUT2D eigenvalue weighted by atomic mass is 19.3. The molecule has 0 aliphatic heterocycles. The van der Waals surface area contributed by atoms with E-state index in [0.29, 0.717) is 12.8 Å². The van der Waals surface area contributed by atoms with Crippen molar-refractivity contribution in [2.24, 2.45) is 0 Å². The van der Waals surface area contributed by atoms with Gasteiger partial charge in [-0.25, -0.2) is 8.78 Å². The lowest BCUT2D eigenvalue weighted by molar-refractivity contribution is 0.0837. The molecule has 0 atom stereocenters. The molecule has 0 spiro atoms. The summed E-state index contributed by atoms with van der Waals surface area (Å²) in [6, 6.07) is 2.97. The first-order valence-electron chi connectivity index (χ1n) is 7.11. The molecule has 1 amide bonds. The third kappa shape index (κ3) is 2.54. The number of carbonyl (C=O) groups is 1. The Morgan fingerprint density at radius 1 is 1.36 bits per heavy atom. The van der Waals surface area contributed by atoms with E-state index in [0.717, 1.165) is 17.2 Å². The van der Waals surface area contributed by atoms with Gasteiger partial charge >= 0.3 is 0 Å². The van der Waals surface area contributed by atoms with Crippen molar-refractivity contribution < 1.29 is 18.7 Å². The van der Waals surface area contributed by atoms with E-state index in [1.165, 1.54) is 18.3 Å². The SMILES string of the molecule is O=C(NC1(CO)CCCC1)c1ccc2nnc(C(F)F)n2c1. The Kier molecular flexibility index (Phi) is 3.78. The number of hydrogen-bond acceptors (Lipinski definition) is 4. The average molecular weight is 310 g/mol. The molecular weight excluding hydrogens is 294 g/mol. The van der Waals surface area contributed by atoms with Crippen LogP contribution in [-0.4, -0.2) is 37.8 Å². The van der Waals surface area contributed by atoms with Gasteiger partial charge in [0.25, 0.3) is 12.3 Å². The number of nitrogens with one attached hydrogen (secondary N) is 1. The number of pyridine rings is 1. The predicted molar refractivity (Wildman–Crippen MR) is 73.7 cm³/mol. The normalized spacial score (nSPS) is 17.3. The second-order valence-electron chi connectivity index (χ2n) is 5.60. The molecule has 6 nitrogen and oxygen atoms in total. The summed E-state index contributed by atoms with van der Waals surface area (Å²) < 4.78 is 26.8. The molecule has 0 unspecified atom stereocenters. The second kappa shape index (κ2) is 5.60. The van der Waals surface area contributed by atoms with Crippen LogP contribution in [0.5, 0.6) is 0 Å². The summed E-state index contributed by atoms with van der Waals surface area (Å²) in [5.74, 6) is -0.894. The van der Waals surface area contributed by atoms with Crippen LogP contribution < -0.4 is 5.32 Å². The zero-order valence-corrected chi connectivity index (χ0v) is 11.8. The molecule has 22 heavy (non-hydrogen) atoms. The number of amides is 1. The molecule has 2 N–H and O–H groups in total. The van der Waals surface area contributed by atoms with Crippen molar-refractivity contribution in [3.63, 3.8) is 0 Å². The number of hydrogen-bond donors (Lipinski definition) is 2. The van der Waals surface area contributed by atoms with Crippen LogP contribution in [0, 0.1) is 0 Å². The maximum absolute atomic E-state index is 12.8. The summed E-state index contributed by atoms with van der Waals surface area (Å²) in [6.07, 6.45) is 1.85. The van der Waals surface area contributed by atoms with Crippen molar-refractivity contribution in [3.05, 3.63) is 29.7 Å². The van der Waals surface area contributed by atoms with Gasteiger partial charge in [0.1, 0.15) is 0 Å². The smallest absolute Gasteiger partial charge is 0.297 e. The number of fused-ring (bicyclic) bond motifs is 1. The number of rotatable bonds is 4. The van der Waals surface area contributed by atoms with Gasteiger partial charge in [-0.3, -0.25) is 9.20 Å². The Bertz CT molecular complexity index is 695. The van der Waals surface area contributed by atoms with Crippen LogP contribution >= 0.6 is 0 Å². The molecule has 8 heteroatoms. The highest BCUT2D eigenvalue weighted by molar-refractivity contribution is 5.94. The van der Waals surface area contributed by atoms with Gasteiger partial charge < -0.3 is 10.4 Å². The van der Waals surface area contributed by atoms with Crippen LogP contribution in [0.25, 0.3) is 5.65 Å². The van der Waals surface area contributed by atoms with Crippen molar-refractivity contribution in [3.8, 4) is 0 Å². The molecule has 0 saturated heterocycles. The van der Waals surface area contributed by atoms with Crippen molar-refractivity contribution in [1.29, 1.82) is 0 Å². The van der Waals surface area contributed by atoms with Gasteiger partial charge in [-0.1, -0.05) is 12.8 Å².